The summed E-state index contributed by atoms with van der Waals surface area (Å²) in [4.78, 5) is 6.44. The highest BCUT2D eigenvalue weighted by Gasteiger charge is 2.29. The van der Waals surface area contributed by atoms with Gasteiger partial charge in [-0.25, -0.2) is 8.78 Å². The maximum Gasteiger partial charge on any atom is 0.126 e. The van der Waals surface area contributed by atoms with E-state index in [9.17, 15) is 13.9 Å². The van der Waals surface area contributed by atoms with Crippen LogP contribution in [-0.2, 0) is 19.5 Å². The van der Waals surface area contributed by atoms with Crippen LogP contribution in [0.4, 0.5) is 8.78 Å². The van der Waals surface area contributed by atoms with Gasteiger partial charge in [-0.15, -0.1) is 0 Å². The molecular weight excluding hydrogens is 454 g/mol. The maximum atomic E-state index is 14.0. The minimum Gasteiger partial charge on any atom is -0.385 e. The third kappa shape index (κ3) is 6.48. The van der Waals surface area contributed by atoms with Gasteiger partial charge >= 0.3 is 0 Å². The van der Waals surface area contributed by atoms with E-state index >= 15 is 0 Å². The third-order valence-corrected chi connectivity index (χ3v) is 5.94. The van der Waals surface area contributed by atoms with Crippen LogP contribution in [-0.4, -0.2) is 21.0 Å². The second-order valence-electron chi connectivity index (χ2n) is 8.27. The molecule has 0 bridgehead atoms. The van der Waals surface area contributed by atoms with E-state index in [0.29, 0.717) is 29.4 Å². The van der Waals surface area contributed by atoms with E-state index in [1.54, 1.807) is 18.3 Å². The van der Waals surface area contributed by atoms with Crippen LogP contribution >= 0.6 is 11.6 Å². The summed E-state index contributed by atoms with van der Waals surface area (Å²) in [7, 11) is 0. The molecule has 0 fully saturated rings. The molecule has 0 saturated heterocycles. The lowest BCUT2D eigenvalue weighted by molar-refractivity contribution is 0.0356. The zero-order valence-electron chi connectivity index (χ0n) is 18.5. The van der Waals surface area contributed by atoms with E-state index in [1.165, 1.54) is 12.1 Å². The largest absolute Gasteiger partial charge is 0.385 e. The van der Waals surface area contributed by atoms with Gasteiger partial charge in [-0.3, -0.25) is 9.88 Å². The molecular formula is C28H25ClF2N2O. The number of pyridine rings is 1. The fourth-order valence-corrected chi connectivity index (χ4v) is 4.29. The first-order valence-electron chi connectivity index (χ1n) is 11.0. The van der Waals surface area contributed by atoms with Gasteiger partial charge in [-0.2, -0.15) is 0 Å². The van der Waals surface area contributed by atoms with Crippen molar-refractivity contribution in [3.8, 4) is 0 Å². The Morgan fingerprint density at radius 3 is 1.85 bits per heavy atom. The topological polar surface area (TPSA) is 36.4 Å². The van der Waals surface area contributed by atoms with E-state index in [0.717, 1.165) is 17.2 Å². The van der Waals surface area contributed by atoms with Gasteiger partial charge < -0.3 is 5.11 Å². The molecule has 1 N–H and O–H groups in total. The molecule has 6 heteroatoms. The fraction of sp³-hybridized carbons (Fsp3) is 0.179. The van der Waals surface area contributed by atoms with Crippen LogP contribution in [0, 0.1) is 11.6 Å². The number of halogens is 3. The first-order valence-corrected chi connectivity index (χ1v) is 11.4. The van der Waals surface area contributed by atoms with Crippen LogP contribution in [0.15, 0.2) is 97.2 Å². The quantitative estimate of drug-likeness (QED) is 0.304. The molecule has 4 aromatic rings. The van der Waals surface area contributed by atoms with Gasteiger partial charge in [0, 0.05) is 36.4 Å². The Hall–Kier alpha value is -3.12. The van der Waals surface area contributed by atoms with Crippen molar-refractivity contribution in [3.63, 3.8) is 0 Å². The van der Waals surface area contributed by atoms with Crippen LogP contribution in [0.25, 0.3) is 0 Å². The van der Waals surface area contributed by atoms with Crippen molar-refractivity contribution in [2.24, 2.45) is 0 Å². The minimum absolute atomic E-state index is 0.212. The summed E-state index contributed by atoms with van der Waals surface area (Å²) in [6.45, 7) is 1.05. The van der Waals surface area contributed by atoms with Crippen molar-refractivity contribution >= 4 is 11.6 Å². The van der Waals surface area contributed by atoms with Crippen LogP contribution < -0.4 is 0 Å². The Morgan fingerprint density at radius 2 is 1.32 bits per heavy atom. The van der Waals surface area contributed by atoms with E-state index in [2.05, 4.69) is 9.88 Å². The van der Waals surface area contributed by atoms with E-state index < -0.39 is 23.8 Å². The lowest BCUT2D eigenvalue weighted by Gasteiger charge is -2.35. The molecule has 3 nitrogen and oxygen atoms in total. The molecule has 0 aliphatic rings. The van der Waals surface area contributed by atoms with Crippen molar-refractivity contribution in [2.45, 2.75) is 31.7 Å². The molecule has 174 valence electrons. The molecule has 0 spiro atoms. The van der Waals surface area contributed by atoms with Crippen LogP contribution in [0.3, 0.4) is 0 Å². The summed E-state index contributed by atoms with van der Waals surface area (Å²) in [6.07, 6.45) is 0.708. The van der Waals surface area contributed by atoms with Crippen molar-refractivity contribution in [2.75, 3.05) is 0 Å². The van der Waals surface area contributed by atoms with E-state index in [1.807, 2.05) is 60.7 Å². The summed E-state index contributed by atoms with van der Waals surface area (Å²) in [5.41, 5.74) is 2.97. The molecule has 1 heterocycles. The Balaban J connectivity index is 1.75. The zero-order valence-corrected chi connectivity index (χ0v) is 19.2. The van der Waals surface area contributed by atoms with E-state index in [-0.39, 0.29) is 6.42 Å². The van der Waals surface area contributed by atoms with Gasteiger partial charge in [0.15, 0.2) is 0 Å². The molecule has 0 radical (unpaired) electrons. The molecule has 0 amide bonds. The Labute approximate surface area is 203 Å². The second kappa shape index (κ2) is 11.3. The van der Waals surface area contributed by atoms with Crippen molar-refractivity contribution in [1.29, 1.82) is 0 Å². The van der Waals surface area contributed by atoms with Gasteiger partial charge in [0.25, 0.3) is 0 Å². The number of hydrogen-bond donors (Lipinski definition) is 1. The summed E-state index contributed by atoms with van der Waals surface area (Å²) < 4.78 is 28.0. The van der Waals surface area contributed by atoms with Gasteiger partial charge in [-0.05, 0) is 47.4 Å². The number of rotatable bonds is 9. The summed E-state index contributed by atoms with van der Waals surface area (Å²) >= 11 is 6.17. The molecule has 34 heavy (non-hydrogen) atoms. The van der Waals surface area contributed by atoms with E-state index in [4.69, 9.17) is 11.6 Å². The number of aliphatic hydroxyl groups is 1. The molecule has 2 unspecified atom stereocenters. The summed E-state index contributed by atoms with van der Waals surface area (Å²) in [6, 6.07) is 26.0. The number of aromatic nitrogens is 1. The zero-order chi connectivity index (χ0) is 23.9. The molecule has 0 aliphatic carbocycles. The maximum absolute atomic E-state index is 14.0. The number of nitrogens with zero attached hydrogens (tertiary/aromatic N) is 2. The van der Waals surface area contributed by atoms with Crippen molar-refractivity contribution in [1.82, 2.24) is 9.88 Å². The molecule has 0 aliphatic heterocycles. The Morgan fingerprint density at radius 1 is 0.765 bits per heavy atom. The number of hydrogen-bond acceptors (Lipinski definition) is 3. The number of aliphatic hydroxyl groups excluding tert-OH is 1. The smallest absolute Gasteiger partial charge is 0.126 e. The molecule has 1 aromatic heterocycles. The molecule has 4 rings (SSSR count). The van der Waals surface area contributed by atoms with Crippen molar-refractivity contribution in [3.05, 3.63) is 136 Å². The lowest BCUT2D eigenvalue weighted by atomic mass is 9.95. The summed E-state index contributed by atoms with van der Waals surface area (Å²) in [5, 5.41) is 11.9. The average molecular weight is 479 g/mol. The predicted octanol–water partition coefficient (Wildman–Crippen LogP) is 6.36. The van der Waals surface area contributed by atoms with Crippen LogP contribution in [0.5, 0.6) is 0 Å². The second-order valence-corrected chi connectivity index (χ2v) is 8.71. The molecule has 0 saturated carbocycles. The van der Waals surface area contributed by atoms with Gasteiger partial charge in [0.2, 0.25) is 0 Å². The average Bonchev–Trinajstić information content (AvgIpc) is 2.82. The first-order chi connectivity index (χ1) is 16.5. The molecule has 2 atom stereocenters. The van der Waals surface area contributed by atoms with Crippen LogP contribution in [0.2, 0.25) is 5.02 Å². The highest BCUT2D eigenvalue weighted by atomic mass is 35.5. The fourth-order valence-electron chi connectivity index (χ4n) is 4.12. The summed E-state index contributed by atoms with van der Waals surface area (Å²) in [5.74, 6) is -1.30. The highest BCUT2D eigenvalue weighted by molar-refractivity contribution is 6.30. The van der Waals surface area contributed by atoms with Gasteiger partial charge in [0.1, 0.15) is 17.7 Å². The highest BCUT2D eigenvalue weighted by Crippen LogP contribution is 2.28. The standard InChI is InChI=1S/C28H25ClF2N2O/c29-23-11-12-32-26(16-23)28(34)27(15-22-13-24(30)17-25(31)14-22)33(18-20-7-3-1-4-8-20)19-21-9-5-2-6-10-21/h1-14,16-17,27-28,34H,15,18-19H2. The number of benzene rings is 3. The van der Waals surface area contributed by atoms with Crippen molar-refractivity contribution < 1.29 is 13.9 Å². The normalized spacial score (nSPS) is 13.1. The molecule has 3 aromatic carbocycles. The lowest BCUT2D eigenvalue weighted by Crippen LogP contribution is -2.41. The van der Waals surface area contributed by atoms with Gasteiger partial charge in [0.05, 0.1) is 5.69 Å². The SMILES string of the molecule is OC(c1cc(Cl)ccn1)C(Cc1cc(F)cc(F)c1)N(Cc1ccccc1)Cc1ccccc1. The predicted molar refractivity (Wildman–Crippen MR) is 130 cm³/mol. The third-order valence-electron chi connectivity index (χ3n) is 5.70. The van der Waals surface area contributed by atoms with Crippen LogP contribution in [0.1, 0.15) is 28.5 Å². The monoisotopic (exact) mass is 478 g/mol. The first kappa shape index (κ1) is 24.0. The minimum atomic E-state index is -1.04. The van der Waals surface area contributed by atoms with Gasteiger partial charge in [-0.1, -0.05) is 72.3 Å². The Bertz CT molecular complexity index is 1150. The Kier molecular flexibility index (Phi) is 8.01.